The van der Waals surface area contributed by atoms with E-state index in [-0.39, 0.29) is 23.4 Å². The smallest absolute Gasteiger partial charge is 0.341 e. The van der Waals surface area contributed by atoms with Gasteiger partial charge in [0.1, 0.15) is 5.00 Å². The van der Waals surface area contributed by atoms with E-state index >= 15 is 0 Å². The van der Waals surface area contributed by atoms with Gasteiger partial charge in [-0.1, -0.05) is 0 Å². The highest BCUT2D eigenvalue weighted by molar-refractivity contribution is 7.89. The molecule has 0 saturated carbocycles. The van der Waals surface area contributed by atoms with Crippen LogP contribution in [-0.2, 0) is 32.4 Å². The summed E-state index contributed by atoms with van der Waals surface area (Å²) in [6.45, 7) is 3.58. The molecule has 2 N–H and O–H groups in total. The Kier molecular flexibility index (Phi) is 7.03. The van der Waals surface area contributed by atoms with Gasteiger partial charge in [-0.15, -0.1) is 11.3 Å². The molecule has 31 heavy (non-hydrogen) atoms. The summed E-state index contributed by atoms with van der Waals surface area (Å²) >= 11 is 1.42. The molecule has 0 atom stereocenters. The number of nitrogens with one attached hydrogen (secondary N) is 2. The van der Waals surface area contributed by atoms with Crippen molar-refractivity contribution in [1.82, 2.24) is 4.31 Å². The lowest BCUT2D eigenvalue weighted by atomic mass is 10.1. The van der Waals surface area contributed by atoms with E-state index in [0.717, 1.165) is 29.7 Å². The highest BCUT2D eigenvalue weighted by Gasteiger charge is 2.28. The molecule has 0 saturated heterocycles. The summed E-state index contributed by atoms with van der Waals surface area (Å²) in [4.78, 5) is 25.9. The van der Waals surface area contributed by atoms with Crippen molar-refractivity contribution >= 4 is 43.9 Å². The SMILES string of the molecule is COC(=O)c1c(NC(=O)CNc2ccc(S(=O)(=O)N(C)C(C)C)cc2)sc2c1CCC2. The number of methoxy groups -OCH3 is 1. The topological polar surface area (TPSA) is 105 Å². The van der Waals surface area contributed by atoms with Gasteiger partial charge < -0.3 is 15.4 Å². The Morgan fingerprint density at radius 3 is 2.48 bits per heavy atom. The molecule has 0 fully saturated rings. The van der Waals surface area contributed by atoms with Crippen LogP contribution in [0, 0.1) is 0 Å². The van der Waals surface area contributed by atoms with E-state index < -0.39 is 16.0 Å². The van der Waals surface area contributed by atoms with E-state index in [1.165, 1.54) is 34.9 Å². The molecule has 168 valence electrons. The van der Waals surface area contributed by atoms with E-state index in [1.54, 1.807) is 33.0 Å². The zero-order chi connectivity index (χ0) is 22.8. The number of sulfonamides is 1. The average Bonchev–Trinajstić information content (AvgIpc) is 3.32. The fourth-order valence-corrected chi connectivity index (χ4v) is 6.01. The van der Waals surface area contributed by atoms with E-state index in [9.17, 15) is 18.0 Å². The van der Waals surface area contributed by atoms with Crippen LogP contribution in [0.5, 0.6) is 0 Å². The normalized spacial score (nSPS) is 13.4. The van der Waals surface area contributed by atoms with E-state index in [4.69, 9.17) is 4.74 Å². The minimum absolute atomic E-state index is 0.0266. The number of anilines is 2. The van der Waals surface area contributed by atoms with Crippen molar-refractivity contribution in [3.63, 3.8) is 0 Å². The van der Waals surface area contributed by atoms with E-state index in [1.807, 2.05) is 0 Å². The van der Waals surface area contributed by atoms with Gasteiger partial charge in [-0.2, -0.15) is 4.31 Å². The monoisotopic (exact) mass is 465 g/mol. The Hall–Kier alpha value is -2.43. The molecule has 10 heteroatoms. The molecule has 0 bridgehead atoms. The Balaban J connectivity index is 1.64. The molecule has 1 aliphatic rings. The van der Waals surface area contributed by atoms with E-state index in [0.29, 0.717) is 16.3 Å². The van der Waals surface area contributed by atoms with Crippen LogP contribution < -0.4 is 10.6 Å². The third kappa shape index (κ3) is 4.91. The summed E-state index contributed by atoms with van der Waals surface area (Å²) in [6.07, 6.45) is 2.71. The van der Waals surface area contributed by atoms with Crippen LogP contribution in [0.4, 0.5) is 10.7 Å². The molecule has 1 aromatic carbocycles. The lowest BCUT2D eigenvalue weighted by Crippen LogP contribution is -2.33. The van der Waals surface area contributed by atoms with Gasteiger partial charge in [-0.25, -0.2) is 13.2 Å². The van der Waals surface area contributed by atoms with Crippen LogP contribution in [0.3, 0.4) is 0 Å². The quantitative estimate of drug-likeness (QED) is 0.581. The number of thiophene rings is 1. The number of hydrogen-bond donors (Lipinski definition) is 2. The molecule has 1 heterocycles. The number of nitrogens with zero attached hydrogens (tertiary/aromatic N) is 1. The molecule has 1 aromatic heterocycles. The maximum Gasteiger partial charge on any atom is 0.341 e. The van der Waals surface area contributed by atoms with Gasteiger partial charge in [0.25, 0.3) is 0 Å². The number of hydrogen-bond acceptors (Lipinski definition) is 7. The number of fused-ring (bicyclic) bond motifs is 1. The number of amides is 1. The van der Waals surface area contributed by atoms with Crippen molar-refractivity contribution in [2.75, 3.05) is 31.3 Å². The first-order chi connectivity index (χ1) is 14.6. The van der Waals surface area contributed by atoms with E-state index in [2.05, 4.69) is 10.6 Å². The van der Waals surface area contributed by atoms with Gasteiger partial charge in [0.05, 0.1) is 24.1 Å². The first-order valence-electron chi connectivity index (χ1n) is 9.99. The molecule has 0 radical (unpaired) electrons. The van der Waals surface area contributed by atoms with Crippen molar-refractivity contribution in [3.8, 4) is 0 Å². The predicted molar refractivity (Wildman–Crippen MR) is 121 cm³/mol. The predicted octanol–water partition coefficient (Wildman–Crippen LogP) is 3.10. The zero-order valence-corrected chi connectivity index (χ0v) is 19.7. The number of carbonyl (C=O) groups excluding carboxylic acids is 2. The number of carbonyl (C=O) groups is 2. The van der Waals surface area contributed by atoms with Crippen LogP contribution in [0.15, 0.2) is 29.2 Å². The van der Waals surface area contributed by atoms with Crippen LogP contribution in [0.25, 0.3) is 0 Å². The number of esters is 1. The van der Waals surface area contributed by atoms with Crippen LogP contribution >= 0.6 is 11.3 Å². The van der Waals surface area contributed by atoms with Gasteiger partial charge in [-0.05, 0) is 62.9 Å². The standard InChI is InChI=1S/C21H27N3O5S2/c1-13(2)24(3)31(27,28)15-10-8-14(9-11-15)22-12-18(25)23-20-19(21(26)29-4)16-6-5-7-17(16)30-20/h8-11,13,22H,5-7,12H2,1-4H3,(H,23,25). The minimum atomic E-state index is -3.56. The second-order valence-electron chi connectivity index (χ2n) is 7.59. The number of rotatable bonds is 8. The Labute approximate surface area is 186 Å². The molecule has 2 aromatic rings. The Morgan fingerprint density at radius 2 is 1.87 bits per heavy atom. The van der Waals surface area contributed by atoms with Crippen LogP contribution in [0.1, 0.15) is 41.1 Å². The summed E-state index contributed by atoms with van der Waals surface area (Å²) in [5, 5.41) is 6.29. The summed E-state index contributed by atoms with van der Waals surface area (Å²) in [5.41, 5.74) is 2.05. The maximum absolute atomic E-state index is 12.5. The summed E-state index contributed by atoms with van der Waals surface area (Å²) in [6, 6.07) is 6.10. The number of benzene rings is 1. The molecule has 0 spiro atoms. The second kappa shape index (κ2) is 9.37. The lowest BCUT2D eigenvalue weighted by molar-refractivity contribution is -0.114. The first-order valence-corrected chi connectivity index (χ1v) is 12.3. The third-order valence-corrected chi connectivity index (χ3v) is 8.53. The second-order valence-corrected chi connectivity index (χ2v) is 10.7. The highest BCUT2D eigenvalue weighted by atomic mass is 32.2. The van der Waals surface area contributed by atoms with Crippen molar-refractivity contribution in [2.45, 2.75) is 44.0 Å². The number of ether oxygens (including phenoxy) is 1. The van der Waals surface area contributed by atoms with Crippen LogP contribution in [0.2, 0.25) is 0 Å². The van der Waals surface area contributed by atoms with Crippen molar-refractivity contribution in [2.24, 2.45) is 0 Å². The molecule has 3 rings (SSSR count). The first kappa shape index (κ1) is 23.2. The van der Waals surface area contributed by atoms with Crippen molar-refractivity contribution in [1.29, 1.82) is 0 Å². The summed E-state index contributed by atoms with van der Waals surface area (Å²) < 4.78 is 31.3. The fraction of sp³-hybridized carbons (Fsp3) is 0.429. The fourth-order valence-electron chi connectivity index (χ4n) is 3.35. The molecule has 1 amide bonds. The molecule has 8 nitrogen and oxygen atoms in total. The largest absolute Gasteiger partial charge is 0.465 e. The maximum atomic E-state index is 12.5. The Bertz CT molecular complexity index is 1080. The number of aryl methyl sites for hydroxylation is 1. The molecule has 1 aliphatic carbocycles. The summed E-state index contributed by atoms with van der Waals surface area (Å²) in [5.74, 6) is -0.743. The highest BCUT2D eigenvalue weighted by Crippen LogP contribution is 2.39. The molecular formula is C21H27N3O5S2. The summed E-state index contributed by atoms with van der Waals surface area (Å²) in [7, 11) is -0.686. The Morgan fingerprint density at radius 1 is 1.19 bits per heavy atom. The minimum Gasteiger partial charge on any atom is -0.465 e. The zero-order valence-electron chi connectivity index (χ0n) is 18.0. The lowest BCUT2D eigenvalue weighted by Gasteiger charge is -2.21. The molecule has 0 aliphatic heterocycles. The van der Waals surface area contributed by atoms with Gasteiger partial charge in [-0.3, -0.25) is 4.79 Å². The van der Waals surface area contributed by atoms with Gasteiger partial charge in [0.15, 0.2) is 0 Å². The molecule has 0 unspecified atom stereocenters. The van der Waals surface area contributed by atoms with Crippen molar-refractivity contribution < 1.29 is 22.7 Å². The average molecular weight is 466 g/mol. The third-order valence-electron chi connectivity index (χ3n) is 5.28. The van der Waals surface area contributed by atoms with Gasteiger partial charge in [0, 0.05) is 23.7 Å². The van der Waals surface area contributed by atoms with Gasteiger partial charge in [0.2, 0.25) is 15.9 Å². The van der Waals surface area contributed by atoms with Gasteiger partial charge >= 0.3 is 5.97 Å². The van der Waals surface area contributed by atoms with Crippen LogP contribution in [-0.4, -0.2) is 51.3 Å². The van der Waals surface area contributed by atoms with Crippen molar-refractivity contribution in [3.05, 3.63) is 40.3 Å². The molecular weight excluding hydrogens is 438 g/mol.